The third kappa shape index (κ3) is 2.75. The first-order valence-electron chi connectivity index (χ1n) is 4.32. The molecule has 0 bridgehead atoms. The molecular weight excluding hydrogens is 256 g/mol. The van der Waals surface area contributed by atoms with Gasteiger partial charge >= 0.3 is 18.3 Å². The molecule has 0 saturated carbocycles. The van der Waals surface area contributed by atoms with E-state index < -0.39 is 34.5 Å². The summed E-state index contributed by atoms with van der Waals surface area (Å²) in [5, 5.41) is 19.4. The van der Waals surface area contributed by atoms with Gasteiger partial charge in [-0.2, -0.15) is 8.78 Å². The van der Waals surface area contributed by atoms with Crippen molar-refractivity contribution in [3.8, 4) is 5.75 Å². The summed E-state index contributed by atoms with van der Waals surface area (Å²) in [6.45, 7) is -3.43. The molecule has 1 rings (SSSR count). The van der Waals surface area contributed by atoms with E-state index in [0.29, 0.717) is 12.1 Å². The van der Waals surface area contributed by atoms with Crippen LogP contribution < -0.4 is 4.74 Å². The summed E-state index contributed by atoms with van der Waals surface area (Å²) in [7, 11) is 0. The molecule has 0 heterocycles. The minimum Gasteiger partial charge on any atom is -0.478 e. The molecule has 0 saturated heterocycles. The monoisotopic (exact) mass is 261 g/mol. The van der Waals surface area contributed by atoms with Gasteiger partial charge in [-0.15, -0.1) is 0 Å². The van der Waals surface area contributed by atoms with Gasteiger partial charge in [-0.1, -0.05) is 0 Å². The van der Waals surface area contributed by atoms with E-state index in [9.17, 15) is 28.5 Å². The zero-order chi connectivity index (χ0) is 13.9. The summed E-state index contributed by atoms with van der Waals surface area (Å²) < 4.78 is 28.0. The van der Waals surface area contributed by atoms with Crippen molar-refractivity contribution in [3.63, 3.8) is 0 Å². The van der Waals surface area contributed by atoms with E-state index >= 15 is 0 Å². The Morgan fingerprint density at radius 1 is 1.50 bits per heavy atom. The number of carbonyl (C=O) groups excluding carboxylic acids is 1. The second kappa shape index (κ2) is 5.17. The molecule has 1 aromatic rings. The van der Waals surface area contributed by atoms with Crippen LogP contribution in [0.25, 0.3) is 0 Å². The molecule has 9 heteroatoms. The van der Waals surface area contributed by atoms with Crippen LogP contribution in [0.4, 0.5) is 14.5 Å². The van der Waals surface area contributed by atoms with E-state index in [1.54, 1.807) is 0 Å². The predicted octanol–water partition coefficient (Wildman–Crippen LogP) is 1.71. The fraction of sp³-hybridized carbons (Fsp3) is 0.111. The number of carboxylic acids is 1. The van der Waals surface area contributed by atoms with Gasteiger partial charge in [0.05, 0.1) is 4.92 Å². The van der Waals surface area contributed by atoms with Crippen molar-refractivity contribution in [3.05, 3.63) is 33.4 Å². The molecule has 1 aromatic carbocycles. The van der Waals surface area contributed by atoms with E-state index in [4.69, 9.17) is 5.11 Å². The maximum Gasteiger partial charge on any atom is 0.387 e. The predicted molar refractivity (Wildman–Crippen MR) is 52.1 cm³/mol. The number of aromatic carboxylic acids is 1. The summed E-state index contributed by atoms with van der Waals surface area (Å²) in [4.78, 5) is 30.8. The van der Waals surface area contributed by atoms with Crippen molar-refractivity contribution in [2.75, 3.05) is 0 Å². The molecule has 0 aliphatic carbocycles. The number of nitro groups is 1. The highest BCUT2D eigenvalue weighted by Crippen LogP contribution is 2.33. The minimum absolute atomic E-state index is 0.158. The first-order chi connectivity index (χ1) is 8.36. The zero-order valence-electron chi connectivity index (χ0n) is 8.50. The van der Waals surface area contributed by atoms with Crippen molar-refractivity contribution < 1.29 is 33.1 Å². The number of carbonyl (C=O) groups is 2. The van der Waals surface area contributed by atoms with E-state index in [1.807, 2.05) is 0 Å². The number of benzene rings is 1. The summed E-state index contributed by atoms with van der Waals surface area (Å²) in [6, 6.07) is 1.36. The third-order valence-electron chi connectivity index (χ3n) is 1.86. The van der Waals surface area contributed by atoms with E-state index in [1.165, 1.54) is 0 Å². The van der Waals surface area contributed by atoms with Crippen LogP contribution in [0.2, 0.25) is 0 Å². The maximum atomic E-state index is 12.1. The summed E-state index contributed by atoms with van der Waals surface area (Å²) in [5.74, 6) is -2.81. The van der Waals surface area contributed by atoms with Crippen LogP contribution in [0.1, 0.15) is 20.7 Å². The highest BCUT2D eigenvalue weighted by Gasteiger charge is 2.27. The second-order valence-electron chi connectivity index (χ2n) is 2.98. The molecule has 0 radical (unpaired) electrons. The molecule has 0 aromatic heterocycles. The number of nitro benzene ring substituents is 1. The molecule has 0 amide bonds. The number of nitrogens with zero attached hydrogens (tertiary/aromatic N) is 1. The number of alkyl halides is 2. The Morgan fingerprint density at radius 3 is 2.50 bits per heavy atom. The van der Waals surface area contributed by atoms with Crippen molar-refractivity contribution in [2.24, 2.45) is 0 Å². The lowest BCUT2D eigenvalue weighted by molar-refractivity contribution is -0.386. The molecule has 0 spiro atoms. The highest BCUT2D eigenvalue weighted by molar-refractivity contribution is 5.95. The van der Waals surface area contributed by atoms with E-state index in [0.717, 1.165) is 0 Å². The Labute approximate surface area is 97.7 Å². The van der Waals surface area contributed by atoms with Crippen LogP contribution in [-0.2, 0) is 0 Å². The number of halogens is 2. The smallest absolute Gasteiger partial charge is 0.387 e. The maximum absolute atomic E-state index is 12.1. The molecule has 18 heavy (non-hydrogen) atoms. The van der Waals surface area contributed by atoms with Crippen LogP contribution in [-0.4, -0.2) is 28.9 Å². The van der Waals surface area contributed by atoms with Crippen LogP contribution >= 0.6 is 0 Å². The Bertz CT molecular complexity index is 481. The lowest BCUT2D eigenvalue weighted by Gasteiger charge is -2.08. The van der Waals surface area contributed by atoms with Gasteiger partial charge in [-0.25, -0.2) is 4.79 Å². The van der Waals surface area contributed by atoms with Crippen LogP contribution in [0.3, 0.4) is 0 Å². The molecule has 0 atom stereocenters. The topological polar surface area (TPSA) is 107 Å². The Morgan fingerprint density at radius 2 is 2.11 bits per heavy atom. The van der Waals surface area contributed by atoms with Crippen molar-refractivity contribution >= 4 is 17.9 Å². The number of carboxylic acid groups (broad SMARTS) is 1. The molecule has 0 fully saturated rings. The van der Waals surface area contributed by atoms with Crippen LogP contribution in [0, 0.1) is 10.1 Å². The third-order valence-corrected chi connectivity index (χ3v) is 1.86. The van der Waals surface area contributed by atoms with E-state index in [-0.39, 0.29) is 11.8 Å². The first kappa shape index (κ1) is 13.5. The minimum atomic E-state index is -3.43. The van der Waals surface area contributed by atoms with Crippen molar-refractivity contribution in [1.82, 2.24) is 0 Å². The zero-order valence-corrected chi connectivity index (χ0v) is 8.50. The fourth-order valence-corrected chi connectivity index (χ4v) is 1.21. The number of rotatable bonds is 5. The van der Waals surface area contributed by atoms with Gasteiger partial charge in [0, 0.05) is 11.6 Å². The molecular formula is C9H5F2NO6. The van der Waals surface area contributed by atoms with Gasteiger partial charge in [-0.05, 0) is 6.07 Å². The molecule has 0 aliphatic rings. The average Bonchev–Trinajstić information content (AvgIpc) is 2.27. The lowest BCUT2D eigenvalue weighted by atomic mass is 10.1. The van der Waals surface area contributed by atoms with Crippen LogP contribution in [0.15, 0.2) is 12.1 Å². The molecule has 1 N–H and O–H groups in total. The van der Waals surface area contributed by atoms with Crippen LogP contribution in [0.5, 0.6) is 5.75 Å². The SMILES string of the molecule is O=Cc1cc(C(=O)O)c(OC(F)F)c([N+](=O)[O-])c1. The lowest BCUT2D eigenvalue weighted by Crippen LogP contribution is -2.10. The van der Waals surface area contributed by atoms with Crippen molar-refractivity contribution in [1.29, 1.82) is 0 Å². The van der Waals surface area contributed by atoms with E-state index in [2.05, 4.69) is 4.74 Å². The number of hydrogen-bond acceptors (Lipinski definition) is 5. The summed E-state index contributed by atoms with van der Waals surface area (Å²) >= 11 is 0. The second-order valence-corrected chi connectivity index (χ2v) is 2.98. The van der Waals surface area contributed by atoms with Gasteiger partial charge in [0.25, 0.3) is 0 Å². The molecule has 0 aliphatic heterocycles. The highest BCUT2D eigenvalue weighted by atomic mass is 19.3. The normalized spacial score (nSPS) is 10.2. The number of ether oxygens (including phenoxy) is 1. The largest absolute Gasteiger partial charge is 0.478 e. The Kier molecular flexibility index (Phi) is 3.87. The van der Waals surface area contributed by atoms with Crippen molar-refractivity contribution in [2.45, 2.75) is 6.61 Å². The molecule has 0 unspecified atom stereocenters. The number of aldehydes is 1. The molecule has 7 nitrogen and oxygen atoms in total. The summed E-state index contributed by atoms with van der Waals surface area (Å²) in [6.07, 6.45) is 0.158. The van der Waals surface area contributed by atoms with Gasteiger partial charge < -0.3 is 9.84 Å². The van der Waals surface area contributed by atoms with Gasteiger partial charge in [0.1, 0.15) is 11.8 Å². The fourth-order valence-electron chi connectivity index (χ4n) is 1.21. The average molecular weight is 261 g/mol. The summed E-state index contributed by atoms with van der Waals surface area (Å²) in [5.41, 5.74) is -2.23. The Balaban J connectivity index is 3.54. The standard InChI is InChI=1S/C9H5F2NO6/c10-9(11)18-7-5(8(14)15)1-4(3-13)2-6(7)12(16)17/h1-3,9H,(H,14,15). The van der Waals surface area contributed by atoms with Gasteiger partial charge in [0.2, 0.25) is 5.75 Å². The molecule has 96 valence electrons. The van der Waals surface area contributed by atoms with Gasteiger partial charge in [-0.3, -0.25) is 14.9 Å². The Hall–Kier alpha value is -2.58. The quantitative estimate of drug-likeness (QED) is 0.491. The van der Waals surface area contributed by atoms with Gasteiger partial charge in [0.15, 0.2) is 0 Å². The number of hydrogen-bond donors (Lipinski definition) is 1. The first-order valence-corrected chi connectivity index (χ1v) is 4.32.